The molecule has 1 saturated carbocycles. The summed E-state index contributed by atoms with van der Waals surface area (Å²) in [6.45, 7) is 4.66. The summed E-state index contributed by atoms with van der Waals surface area (Å²) in [6, 6.07) is 4.36. The van der Waals surface area contributed by atoms with Gasteiger partial charge in [-0.25, -0.2) is 0 Å². The van der Waals surface area contributed by atoms with Crippen LogP contribution in [0.2, 0.25) is 0 Å². The molecular weight excluding hydrogens is 230 g/mol. The van der Waals surface area contributed by atoms with Crippen LogP contribution in [0, 0.1) is 11.8 Å². The fraction of sp³-hybridized carbons (Fsp3) is 0.714. The van der Waals surface area contributed by atoms with E-state index in [1.807, 2.05) is 23.9 Å². The van der Waals surface area contributed by atoms with E-state index in [9.17, 15) is 0 Å². The van der Waals surface area contributed by atoms with Gasteiger partial charge in [0.05, 0.1) is 12.0 Å². The van der Waals surface area contributed by atoms with E-state index in [0.29, 0.717) is 11.3 Å². The first-order valence-corrected chi connectivity index (χ1v) is 7.61. The fourth-order valence-corrected chi connectivity index (χ4v) is 3.87. The van der Waals surface area contributed by atoms with E-state index < -0.39 is 0 Å². The lowest BCUT2D eigenvalue weighted by Crippen LogP contribution is -2.39. The molecule has 1 heterocycles. The van der Waals surface area contributed by atoms with Crippen molar-refractivity contribution in [3.05, 3.63) is 24.2 Å². The molecule has 1 aromatic heterocycles. The summed E-state index contributed by atoms with van der Waals surface area (Å²) >= 11 is 1.97. The molecule has 0 radical (unpaired) electrons. The normalized spacial score (nSPS) is 29.8. The molecular formula is C14H23NOS. The zero-order valence-corrected chi connectivity index (χ0v) is 11.6. The maximum Gasteiger partial charge on any atom is 0.113 e. The Morgan fingerprint density at radius 3 is 2.94 bits per heavy atom. The number of furan rings is 1. The summed E-state index contributed by atoms with van der Waals surface area (Å²) < 4.78 is 5.37. The highest BCUT2D eigenvalue weighted by Gasteiger charge is 2.29. The summed E-state index contributed by atoms with van der Waals surface area (Å²) in [5.41, 5.74) is 6.23. The van der Waals surface area contributed by atoms with Gasteiger partial charge >= 0.3 is 0 Å². The Balaban J connectivity index is 1.85. The maximum atomic E-state index is 6.23. The largest absolute Gasteiger partial charge is 0.468 e. The summed E-state index contributed by atoms with van der Waals surface area (Å²) in [5.74, 6) is 3.66. The highest BCUT2D eigenvalue weighted by Crippen LogP contribution is 2.36. The van der Waals surface area contributed by atoms with Crippen molar-refractivity contribution in [3.8, 4) is 0 Å². The Morgan fingerprint density at radius 1 is 1.47 bits per heavy atom. The second-order valence-electron chi connectivity index (χ2n) is 5.41. The molecule has 2 rings (SSSR count). The quantitative estimate of drug-likeness (QED) is 0.890. The van der Waals surface area contributed by atoms with E-state index in [2.05, 4.69) is 13.8 Å². The standard InChI is InChI=1S/C14H23NOS/c1-10(2)11-5-6-13(15)14(8-11)17-9-12-4-3-7-16-12/h3-4,7,10-11,13-14H,5-6,8-9,15H2,1-2H3. The molecule has 3 atom stereocenters. The molecule has 0 saturated heterocycles. The Labute approximate surface area is 108 Å². The van der Waals surface area contributed by atoms with E-state index in [4.69, 9.17) is 10.2 Å². The van der Waals surface area contributed by atoms with Crippen molar-refractivity contribution >= 4 is 11.8 Å². The van der Waals surface area contributed by atoms with Crippen LogP contribution in [0.1, 0.15) is 38.9 Å². The number of nitrogens with two attached hydrogens (primary N) is 1. The van der Waals surface area contributed by atoms with Gasteiger partial charge in [-0.3, -0.25) is 0 Å². The monoisotopic (exact) mass is 253 g/mol. The zero-order chi connectivity index (χ0) is 12.3. The van der Waals surface area contributed by atoms with Crippen LogP contribution in [-0.4, -0.2) is 11.3 Å². The second kappa shape index (κ2) is 5.96. The predicted octanol–water partition coefficient (Wildman–Crippen LogP) is 3.66. The van der Waals surface area contributed by atoms with Crippen LogP contribution in [-0.2, 0) is 5.75 Å². The Bertz CT molecular complexity index is 323. The van der Waals surface area contributed by atoms with Gasteiger partial charge in [0.15, 0.2) is 0 Å². The number of hydrogen-bond acceptors (Lipinski definition) is 3. The van der Waals surface area contributed by atoms with Gasteiger partial charge in [-0.15, -0.1) is 11.8 Å². The molecule has 3 heteroatoms. The third-order valence-electron chi connectivity index (χ3n) is 3.85. The minimum Gasteiger partial charge on any atom is -0.468 e. The Kier molecular flexibility index (Phi) is 4.57. The SMILES string of the molecule is CC(C)C1CCC(N)C(SCc2ccco2)C1. The van der Waals surface area contributed by atoms with Crippen LogP contribution < -0.4 is 5.73 Å². The first kappa shape index (κ1) is 13.0. The maximum absolute atomic E-state index is 6.23. The first-order valence-electron chi connectivity index (χ1n) is 6.56. The molecule has 0 amide bonds. The van der Waals surface area contributed by atoms with Gasteiger partial charge in [0.2, 0.25) is 0 Å². The second-order valence-corrected chi connectivity index (χ2v) is 6.64. The van der Waals surface area contributed by atoms with Crippen LogP contribution in [0.15, 0.2) is 22.8 Å². The average molecular weight is 253 g/mol. The summed E-state index contributed by atoms with van der Waals surface area (Å²) in [4.78, 5) is 0. The van der Waals surface area contributed by atoms with E-state index in [1.54, 1.807) is 6.26 Å². The lowest BCUT2D eigenvalue weighted by Gasteiger charge is -2.35. The predicted molar refractivity (Wildman–Crippen MR) is 73.9 cm³/mol. The van der Waals surface area contributed by atoms with E-state index >= 15 is 0 Å². The zero-order valence-electron chi connectivity index (χ0n) is 10.8. The van der Waals surface area contributed by atoms with Crippen molar-refractivity contribution in [3.63, 3.8) is 0 Å². The molecule has 0 spiro atoms. The molecule has 1 aromatic rings. The molecule has 17 heavy (non-hydrogen) atoms. The molecule has 0 bridgehead atoms. The lowest BCUT2D eigenvalue weighted by atomic mass is 9.79. The molecule has 3 unspecified atom stereocenters. The molecule has 0 aromatic carbocycles. The van der Waals surface area contributed by atoms with Crippen molar-refractivity contribution < 1.29 is 4.42 Å². The molecule has 1 aliphatic carbocycles. The summed E-state index contributed by atoms with van der Waals surface area (Å²) in [6.07, 6.45) is 5.49. The molecule has 0 aliphatic heterocycles. The minimum atomic E-state index is 0.366. The molecule has 96 valence electrons. The third kappa shape index (κ3) is 3.52. The van der Waals surface area contributed by atoms with Crippen LogP contribution >= 0.6 is 11.8 Å². The van der Waals surface area contributed by atoms with E-state index in [1.165, 1.54) is 19.3 Å². The molecule has 1 fully saturated rings. The Hall–Kier alpha value is -0.410. The minimum absolute atomic E-state index is 0.366. The van der Waals surface area contributed by atoms with Crippen molar-refractivity contribution in [1.29, 1.82) is 0 Å². The van der Waals surface area contributed by atoms with Gasteiger partial charge in [-0.2, -0.15) is 0 Å². The first-order chi connectivity index (χ1) is 8.16. The summed E-state index contributed by atoms with van der Waals surface area (Å²) in [5, 5.41) is 0.598. The van der Waals surface area contributed by atoms with Crippen molar-refractivity contribution in [1.82, 2.24) is 0 Å². The highest BCUT2D eigenvalue weighted by molar-refractivity contribution is 7.99. The van der Waals surface area contributed by atoms with E-state index in [-0.39, 0.29) is 0 Å². The number of hydrogen-bond donors (Lipinski definition) is 1. The third-order valence-corrected chi connectivity index (χ3v) is 5.27. The van der Waals surface area contributed by atoms with Crippen molar-refractivity contribution in [2.24, 2.45) is 17.6 Å². The smallest absolute Gasteiger partial charge is 0.113 e. The van der Waals surface area contributed by atoms with E-state index in [0.717, 1.165) is 23.3 Å². The van der Waals surface area contributed by atoms with Gasteiger partial charge in [0.25, 0.3) is 0 Å². The van der Waals surface area contributed by atoms with Crippen molar-refractivity contribution in [2.75, 3.05) is 0 Å². The van der Waals surface area contributed by atoms with Crippen LogP contribution in [0.3, 0.4) is 0 Å². The van der Waals surface area contributed by atoms with Crippen LogP contribution in [0.25, 0.3) is 0 Å². The molecule has 1 aliphatic rings. The number of rotatable bonds is 4. The van der Waals surface area contributed by atoms with Gasteiger partial charge < -0.3 is 10.2 Å². The van der Waals surface area contributed by atoms with Gasteiger partial charge in [0, 0.05) is 11.3 Å². The van der Waals surface area contributed by atoms with Gasteiger partial charge in [-0.1, -0.05) is 13.8 Å². The fourth-order valence-electron chi connectivity index (χ4n) is 2.56. The topological polar surface area (TPSA) is 39.2 Å². The Morgan fingerprint density at radius 2 is 2.29 bits per heavy atom. The highest BCUT2D eigenvalue weighted by atomic mass is 32.2. The number of thioether (sulfide) groups is 1. The van der Waals surface area contributed by atoms with Gasteiger partial charge in [0.1, 0.15) is 5.76 Å². The van der Waals surface area contributed by atoms with Crippen LogP contribution in [0.5, 0.6) is 0 Å². The van der Waals surface area contributed by atoms with Crippen LogP contribution in [0.4, 0.5) is 0 Å². The van der Waals surface area contributed by atoms with Crippen molar-refractivity contribution in [2.45, 2.75) is 50.2 Å². The van der Waals surface area contributed by atoms with Gasteiger partial charge in [-0.05, 0) is 43.2 Å². The molecule has 2 nitrogen and oxygen atoms in total. The summed E-state index contributed by atoms with van der Waals surface area (Å²) in [7, 11) is 0. The lowest BCUT2D eigenvalue weighted by molar-refractivity contribution is 0.266. The average Bonchev–Trinajstić information content (AvgIpc) is 2.80. The molecule has 2 N–H and O–H groups in total.